The Kier molecular flexibility index (Phi) is 3.83. The fraction of sp³-hybridized carbons (Fsp3) is 0.133. The van der Waals surface area contributed by atoms with Crippen LogP contribution in [0.25, 0.3) is 11.4 Å². The van der Waals surface area contributed by atoms with Crippen LogP contribution in [-0.2, 0) is 6.54 Å². The molecule has 0 aliphatic heterocycles. The van der Waals surface area contributed by atoms with Gasteiger partial charge < -0.3 is 4.74 Å². The molecule has 1 heterocycles. The van der Waals surface area contributed by atoms with E-state index in [1.54, 1.807) is 24.0 Å². The molecule has 0 radical (unpaired) electrons. The van der Waals surface area contributed by atoms with E-state index in [2.05, 4.69) is 15.4 Å². The summed E-state index contributed by atoms with van der Waals surface area (Å²) in [5, 5.41) is 13.2. The standard InChI is InChI=1S/C15H13ClN4O/c1-21-14-4-2-3-11(9-14)10-20-18-15(17-19-20)12-5-7-13(16)8-6-12/h2-9H,10H2,1H3. The van der Waals surface area contributed by atoms with Gasteiger partial charge in [-0.1, -0.05) is 23.7 Å². The van der Waals surface area contributed by atoms with Gasteiger partial charge in [0.05, 0.1) is 13.7 Å². The molecule has 2 aromatic carbocycles. The van der Waals surface area contributed by atoms with Crippen LogP contribution in [0, 0.1) is 0 Å². The molecule has 21 heavy (non-hydrogen) atoms. The molecule has 5 nitrogen and oxygen atoms in total. The van der Waals surface area contributed by atoms with Crippen LogP contribution in [0.4, 0.5) is 0 Å². The van der Waals surface area contributed by atoms with Crippen LogP contribution in [0.1, 0.15) is 5.56 Å². The SMILES string of the molecule is COc1cccc(Cn2nnc(-c3ccc(Cl)cc3)n2)c1. The van der Waals surface area contributed by atoms with E-state index in [1.807, 2.05) is 36.4 Å². The number of rotatable bonds is 4. The van der Waals surface area contributed by atoms with Crippen molar-refractivity contribution in [2.75, 3.05) is 7.11 Å². The molecule has 0 bridgehead atoms. The average Bonchev–Trinajstić information content (AvgIpc) is 2.96. The Hall–Kier alpha value is -2.40. The zero-order chi connectivity index (χ0) is 14.7. The lowest BCUT2D eigenvalue weighted by molar-refractivity contribution is 0.413. The molecule has 6 heteroatoms. The number of tetrazole rings is 1. The molecule has 0 N–H and O–H groups in total. The first-order valence-electron chi connectivity index (χ1n) is 6.41. The predicted octanol–water partition coefficient (Wildman–Crippen LogP) is 3.05. The molecule has 0 aliphatic carbocycles. The highest BCUT2D eigenvalue weighted by atomic mass is 35.5. The summed E-state index contributed by atoms with van der Waals surface area (Å²) in [6.45, 7) is 0.539. The van der Waals surface area contributed by atoms with E-state index < -0.39 is 0 Å². The summed E-state index contributed by atoms with van der Waals surface area (Å²) in [6.07, 6.45) is 0. The second-order valence-electron chi connectivity index (χ2n) is 4.50. The largest absolute Gasteiger partial charge is 0.497 e. The molecule has 3 rings (SSSR count). The van der Waals surface area contributed by atoms with E-state index in [1.165, 1.54) is 0 Å². The highest BCUT2D eigenvalue weighted by Gasteiger charge is 2.06. The van der Waals surface area contributed by atoms with Gasteiger partial charge in [-0.05, 0) is 47.2 Å². The van der Waals surface area contributed by atoms with Crippen LogP contribution in [0.15, 0.2) is 48.5 Å². The number of halogens is 1. The van der Waals surface area contributed by atoms with Crippen molar-refractivity contribution < 1.29 is 4.74 Å². The van der Waals surface area contributed by atoms with Crippen molar-refractivity contribution in [3.05, 3.63) is 59.1 Å². The van der Waals surface area contributed by atoms with Crippen molar-refractivity contribution in [3.8, 4) is 17.1 Å². The summed E-state index contributed by atoms with van der Waals surface area (Å²) in [4.78, 5) is 1.55. The third-order valence-corrected chi connectivity index (χ3v) is 3.27. The summed E-state index contributed by atoms with van der Waals surface area (Å²) in [5.74, 6) is 1.39. The fourth-order valence-corrected chi connectivity index (χ4v) is 2.08. The topological polar surface area (TPSA) is 52.8 Å². The molecule has 0 aliphatic rings. The van der Waals surface area contributed by atoms with E-state index in [0.717, 1.165) is 16.9 Å². The number of benzene rings is 2. The summed E-state index contributed by atoms with van der Waals surface area (Å²) in [7, 11) is 1.64. The number of nitrogens with zero attached hydrogens (tertiary/aromatic N) is 4. The van der Waals surface area contributed by atoms with Crippen LogP contribution in [0.5, 0.6) is 5.75 Å². The fourth-order valence-electron chi connectivity index (χ4n) is 1.96. The summed E-state index contributed by atoms with van der Waals surface area (Å²) in [6, 6.07) is 15.1. The number of ether oxygens (including phenoxy) is 1. The first-order valence-corrected chi connectivity index (χ1v) is 6.79. The molecule has 0 amide bonds. The number of hydrogen-bond acceptors (Lipinski definition) is 4. The van der Waals surface area contributed by atoms with Crippen LogP contribution in [0.3, 0.4) is 0 Å². The molecule has 0 spiro atoms. The highest BCUT2D eigenvalue weighted by molar-refractivity contribution is 6.30. The lowest BCUT2D eigenvalue weighted by Crippen LogP contribution is -2.04. The minimum Gasteiger partial charge on any atom is -0.497 e. The van der Waals surface area contributed by atoms with Crippen molar-refractivity contribution >= 4 is 11.6 Å². The van der Waals surface area contributed by atoms with Gasteiger partial charge in [0.25, 0.3) is 0 Å². The molecule has 0 saturated heterocycles. The minimum atomic E-state index is 0.539. The normalized spacial score (nSPS) is 10.6. The third kappa shape index (κ3) is 3.20. The highest BCUT2D eigenvalue weighted by Crippen LogP contribution is 2.17. The Morgan fingerprint density at radius 1 is 1.14 bits per heavy atom. The minimum absolute atomic E-state index is 0.539. The Bertz CT molecular complexity index is 739. The van der Waals surface area contributed by atoms with E-state index in [-0.39, 0.29) is 0 Å². The molecular formula is C15H13ClN4O. The van der Waals surface area contributed by atoms with Crippen LogP contribution in [-0.4, -0.2) is 27.3 Å². The van der Waals surface area contributed by atoms with Crippen LogP contribution in [0.2, 0.25) is 5.02 Å². The van der Waals surface area contributed by atoms with Gasteiger partial charge in [-0.15, -0.1) is 10.2 Å². The van der Waals surface area contributed by atoms with Crippen LogP contribution >= 0.6 is 11.6 Å². The summed E-state index contributed by atoms with van der Waals surface area (Å²) in [5.41, 5.74) is 1.94. The van der Waals surface area contributed by atoms with E-state index >= 15 is 0 Å². The summed E-state index contributed by atoms with van der Waals surface area (Å²) >= 11 is 5.87. The molecule has 3 aromatic rings. The Balaban J connectivity index is 1.80. The van der Waals surface area contributed by atoms with Crippen molar-refractivity contribution in [2.45, 2.75) is 6.54 Å². The van der Waals surface area contributed by atoms with Crippen molar-refractivity contribution in [2.24, 2.45) is 0 Å². The second kappa shape index (κ2) is 5.93. The van der Waals surface area contributed by atoms with Gasteiger partial charge in [0.15, 0.2) is 0 Å². The second-order valence-corrected chi connectivity index (χ2v) is 4.94. The quantitative estimate of drug-likeness (QED) is 0.743. The Morgan fingerprint density at radius 2 is 1.95 bits per heavy atom. The van der Waals surface area contributed by atoms with Crippen molar-refractivity contribution in [3.63, 3.8) is 0 Å². The van der Waals surface area contributed by atoms with Gasteiger partial charge in [0.2, 0.25) is 5.82 Å². The number of aromatic nitrogens is 4. The van der Waals surface area contributed by atoms with Gasteiger partial charge in [0, 0.05) is 10.6 Å². The first-order chi connectivity index (χ1) is 10.2. The first kappa shape index (κ1) is 13.6. The maximum atomic E-state index is 5.87. The molecular weight excluding hydrogens is 288 g/mol. The average molecular weight is 301 g/mol. The molecule has 0 atom stereocenters. The van der Waals surface area contributed by atoms with Gasteiger partial charge >= 0.3 is 0 Å². The lowest BCUT2D eigenvalue weighted by Gasteiger charge is -2.03. The van der Waals surface area contributed by atoms with E-state index in [0.29, 0.717) is 17.4 Å². The summed E-state index contributed by atoms with van der Waals surface area (Å²) < 4.78 is 5.20. The molecule has 1 aromatic heterocycles. The zero-order valence-electron chi connectivity index (χ0n) is 11.4. The van der Waals surface area contributed by atoms with Crippen LogP contribution < -0.4 is 4.74 Å². The smallest absolute Gasteiger partial charge is 0.204 e. The van der Waals surface area contributed by atoms with Gasteiger partial charge in [0.1, 0.15) is 5.75 Å². The lowest BCUT2D eigenvalue weighted by atomic mass is 10.2. The maximum Gasteiger partial charge on any atom is 0.204 e. The number of hydrogen-bond donors (Lipinski definition) is 0. The predicted molar refractivity (Wildman–Crippen MR) is 80.4 cm³/mol. The molecule has 0 saturated carbocycles. The van der Waals surface area contributed by atoms with Gasteiger partial charge in [-0.3, -0.25) is 0 Å². The molecule has 0 unspecified atom stereocenters. The van der Waals surface area contributed by atoms with Crippen molar-refractivity contribution in [1.29, 1.82) is 0 Å². The number of methoxy groups -OCH3 is 1. The van der Waals surface area contributed by atoms with Crippen molar-refractivity contribution in [1.82, 2.24) is 20.2 Å². The Labute approximate surface area is 127 Å². The van der Waals surface area contributed by atoms with Gasteiger partial charge in [-0.2, -0.15) is 4.80 Å². The van der Waals surface area contributed by atoms with E-state index in [4.69, 9.17) is 16.3 Å². The maximum absolute atomic E-state index is 5.87. The zero-order valence-corrected chi connectivity index (χ0v) is 12.2. The van der Waals surface area contributed by atoms with E-state index in [9.17, 15) is 0 Å². The monoisotopic (exact) mass is 300 g/mol. The molecule has 0 fully saturated rings. The Morgan fingerprint density at radius 3 is 2.71 bits per heavy atom. The third-order valence-electron chi connectivity index (χ3n) is 3.01. The molecule has 106 valence electrons. The van der Waals surface area contributed by atoms with Gasteiger partial charge in [-0.25, -0.2) is 0 Å².